The van der Waals surface area contributed by atoms with E-state index in [9.17, 15) is 34.5 Å². The van der Waals surface area contributed by atoms with Gasteiger partial charge in [-0.25, -0.2) is 0 Å². The number of hydrogen-bond acceptors (Lipinski definition) is 7. The van der Waals surface area contributed by atoms with Crippen molar-refractivity contribution in [3.8, 4) is 5.75 Å². The number of ketones is 4. The van der Waals surface area contributed by atoms with E-state index in [1.807, 2.05) is 0 Å². The van der Waals surface area contributed by atoms with Crippen LogP contribution in [0.1, 0.15) is 74.5 Å². The minimum atomic E-state index is -2.52. The maximum atomic E-state index is 13.9. The number of aliphatic hydroxyl groups excluding tert-OH is 1. The van der Waals surface area contributed by atoms with E-state index in [2.05, 4.69) is 0 Å². The average Bonchev–Trinajstić information content (AvgIpc) is 2.66. The number of carbonyl (C=O) groups excluding carboxylic acids is 4. The SMILES string of the molecule is CC(=O)C1=C(C)C[C@@]2(C)C[C@@]3(C)Cc4c(C(C)=O)cc(C)c(O)c4C(O)=C3C(=O)[C@@]2(O)C1=O. The third-order valence-electron chi connectivity index (χ3n) is 7.82. The second-order valence-corrected chi connectivity index (χ2v) is 10.5. The Hall–Kier alpha value is -3.06. The smallest absolute Gasteiger partial charge is 0.206 e. The van der Waals surface area contributed by atoms with Gasteiger partial charge in [-0.2, -0.15) is 0 Å². The lowest BCUT2D eigenvalue weighted by Gasteiger charge is -2.56. The molecule has 3 aliphatic rings. The van der Waals surface area contributed by atoms with E-state index in [1.54, 1.807) is 33.8 Å². The molecular formula is C26H28O7. The first-order chi connectivity index (χ1) is 15.1. The molecule has 3 N–H and O–H groups in total. The van der Waals surface area contributed by atoms with Crippen molar-refractivity contribution in [3.05, 3.63) is 45.0 Å². The van der Waals surface area contributed by atoms with Crippen LogP contribution in [0.5, 0.6) is 5.75 Å². The van der Waals surface area contributed by atoms with Crippen LogP contribution in [-0.2, 0) is 20.8 Å². The summed E-state index contributed by atoms with van der Waals surface area (Å²) < 4.78 is 0. The highest BCUT2D eigenvalue weighted by molar-refractivity contribution is 6.33. The monoisotopic (exact) mass is 452 g/mol. The Labute approximate surface area is 191 Å². The molecule has 1 aromatic rings. The zero-order valence-electron chi connectivity index (χ0n) is 19.7. The second kappa shape index (κ2) is 6.73. The fourth-order valence-corrected chi connectivity index (χ4v) is 6.54. The van der Waals surface area contributed by atoms with Crippen LogP contribution in [0.15, 0.2) is 22.8 Å². The number of rotatable bonds is 2. The van der Waals surface area contributed by atoms with E-state index >= 15 is 0 Å². The van der Waals surface area contributed by atoms with Gasteiger partial charge in [0.05, 0.1) is 11.1 Å². The summed E-state index contributed by atoms with van der Waals surface area (Å²) in [6, 6.07) is 1.57. The summed E-state index contributed by atoms with van der Waals surface area (Å²) in [6.45, 7) is 9.26. The van der Waals surface area contributed by atoms with Crippen LogP contribution in [-0.4, -0.2) is 44.1 Å². The second-order valence-electron chi connectivity index (χ2n) is 10.5. The van der Waals surface area contributed by atoms with Gasteiger partial charge in [-0.3, -0.25) is 19.2 Å². The Kier molecular flexibility index (Phi) is 4.71. The van der Waals surface area contributed by atoms with Crippen LogP contribution < -0.4 is 0 Å². The summed E-state index contributed by atoms with van der Waals surface area (Å²) in [5.41, 5.74) is -3.43. The van der Waals surface area contributed by atoms with Crippen LogP contribution in [0.25, 0.3) is 5.76 Å². The van der Waals surface area contributed by atoms with Crippen LogP contribution in [0, 0.1) is 17.8 Å². The molecule has 4 rings (SSSR count). The summed E-state index contributed by atoms with van der Waals surface area (Å²) in [7, 11) is 0. The molecule has 1 fully saturated rings. The lowest BCUT2D eigenvalue weighted by atomic mass is 9.46. The van der Waals surface area contributed by atoms with Crippen molar-refractivity contribution in [1.82, 2.24) is 0 Å². The van der Waals surface area contributed by atoms with E-state index in [4.69, 9.17) is 0 Å². The number of aliphatic hydroxyl groups is 2. The van der Waals surface area contributed by atoms with Crippen LogP contribution >= 0.6 is 0 Å². The summed E-state index contributed by atoms with van der Waals surface area (Å²) in [4.78, 5) is 51.8. The maximum Gasteiger partial charge on any atom is 0.206 e. The Morgan fingerprint density at radius 3 is 2.12 bits per heavy atom. The minimum Gasteiger partial charge on any atom is -0.507 e. The highest BCUT2D eigenvalue weighted by atomic mass is 16.3. The van der Waals surface area contributed by atoms with Crippen molar-refractivity contribution >= 4 is 28.9 Å². The molecule has 0 aromatic heterocycles. The molecule has 0 heterocycles. The molecule has 1 saturated carbocycles. The van der Waals surface area contributed by atoms with Crippen LogP contribution in [0.3, 0.4) is 0 Å². The van der Waals surface area contributed by atoms with Gasteiger partial charge in [0.1, 0.15) is 11.5 Å². The largest absolute Gasteiger partial charge is 0.507 e. The molecule has 0 amide bonds. The van der Waals surface area contributed by atoms with Gasteiger partial charge in [0.15, 0.2) is 17.2 Å². The highest BCUT2D eigenvalue weighted by Gasteiger charge is 2.69. The van der Waals surface area contributed by atoms with E-state index in [0.29, 0.717) is 22.3 Å². The molecule has 0 saturated heterocycles. The number of fused-ring (bicyclic) bond motifs is 3. The number of aromatic hydroxyl groups is 1. The molecule has 1 aromatic carbocycles. The first-order valence-electron chi connectivity index (χ1n) is 10.9. The van der Waals surface area contributed by atoms with Crippen molar-refractivity contribution in [1.29, 1.82) is 0 Å². The molecule has 0 unspecified atom stereocenters. The van der Waals surface area contributed by atoms with Crippen LogP contribution in [0.4, 0.5) is 0 Å². The molecule has 0 aliphatic heterocycles. The summed E-state index contributed by atoms with van der Waals surface area (Å²) in [5.74, 6) is -3.46. The minimum absolute atomic E-state index is 0.0185. The van der Waals surface area contributed by atoms with E-state index in [1.165, 1.54) is 13.8 Å². The Morgan fingerprint density at radius 2 is 1.58 bits per heavy atom. The number of carbonyl (C=O) groups is 4. The number of aryl methyl sites for hydroxylation is 1. The Balaban J connectivity index is 2.05. The number of benzene rings is 1. The molecule has 0 spiro atoms. The molecular weight excluding hydrogens is 424 g/mol. The lowest BCUT2D eigenvalue weighted by Crippen LogP contribution is -2.67. The number of phenols is 1. The van der Waals surface area contributed by atoms with Gasteiger partial charge in [0.2, 0.25) is 11.6 Å². The molecule has 7 heteroatoms. The van der Waals surface area contributed by atoms with E-state index in [0.717, 1.165) is 0 Å². The third-order valence-corrected chi connectivity index (χ3v) is 7.82. The van der Waals surface area contributed by atoms with Crippen LogP contribution in [0.2, 0.25) is 0 Å². The standard InChI is InChI=1S/C26H28O7/c1-11-7-15(13(3)27)16-9-24(5)10-25(6)8-12(2)17(14(4)28)22(31)26(25,33)23(32)19(24)21(30)18(16)20(11)29/h7,29-30,33H,8-10H2,1-6H3/t24-,25+,26+/m1/s1. The predicted molar refractivity (Wildman–Crippen MR) is 120 cm³/mol. The summed E-state index contributed by atoms with van der Waals surface area (Å²) in [6.07, 6.45) is 0.477. The van der Waals surface area contributed by atoms with Gasteiger partial charge in [0.25, 0.3) is 0 Å². The molecule has 3 atom stereocenters. The number of allylic oxidation sites excluding steroid dienone is 1. The number of hydrogen-bond donors (Lipinski definition) is 3. The molecule has 7 nitrogen and oxygen atoms in total. The normalized spacial score (nSPS) is 31.2. The molecule has 0 bridgehead atoms. The first kappa shape index (κ1) is 23.1. The highest BCUT2D eigenvalue weighted by Crippen LogP contribution is 2.62. The molecule has 0 radical (unpaired) electrons. The third kappa shape index (κ3) is 2.72. The maximum absolute atomic E-state index is 13.9. The van der Waals surface area contributed by atoms with Gasteiger partial charge >= 0.3 is 0 Å². The van der Waals surface area contributed by atoms with E-state index in [-0.39, 0.29) is 47.5 Å². The van der Waals surface area contributed by atoms with Crippen molar-refractivity contribution < 1.29 is 34.5 Å². The van der Waals surface area contributed by atoms with Crippen molar-refractivity contribution in [2.24, 2.45) is 10.8 Å². The van der Waals surface area contributed by atoms with Gasteiger partial charge in [-0.15, -0.1) is 0 Å². The summed E-state index contributed by atoms with van der Waals surface area (Å²) in [5, 5.41) is 33.7. The van der Waals surface area contributed by atoms with Gasteiger partial charge in [-0.05, 0) is 64.2 Å². The van der Waals surface area contributed by atoms with Crippen molar-refractivity contribution in [3.63, 3.8) is 0 Å². The van der Waals surface area contributed by atoms with Gasteiger partial charge in [-0.1, -0.05) is 19.4 Å². The molecule has 174 valence electrons. The first-order valence-corrected chi connectivity index (χ1v) is 10.9. The zero-order chi connectivity index (χ0) is 24.8. The topological polar surface area (TPSA) is 129 Å². The average molecular weight is 453 g/mol. The Bertz CT molecular complexity index is 1260. The Morgan fingerprint density at radius 1 is 0.970 bits per heavy atom. The van der Waals surface area contributed by atoms with Gasteiger partial charge < -0.3 is 15.3 Å². The van der Waals surface area contributed by atoms with Crippen molar-refractivity contribution in [2.45, 2.75) is 66.4 Å². The lowest BCUT2D eigenvalue weighted by molar-refractivity contribution is -0.171. The quantitative estimate of drug-likeness (QED) is 0.357. The fraction of sp³-hybridized carbons (Fsp3) is 0.462. The fourth-order valence-electron chi connectivity index (χ4n) is 6.54. The van der Waals surface area contributed by atoms with E-state index < -0.39 is 39.5 Å². The summed E-state index contributed by atoms with van der Waals surface area (Å²) >= 11 is 0. The number of phenolic OH excluding ortho intramolecular Hbond substituents is 1. The molecule has 33 heavy (non-hydrogen) atoms. The zero-order valence-corrected chi connectivity index (χ0v) is 19.7. The predicted octanol–water partition coefficient (Wildman–Crippen LogP) is 3.32. The van der Waals surface area contributed by atoms with Crippen molar-refractivity contribution in [2.75, 3.05) is 0 Å². The molecule has 3 aliphatic carbocycles. The number of Topliss-reactive ketones (excluding diaryl/α,β-unsaturated/α-hetero) is 4. The van der Waals surface area contributed by atoms with Gasteiger partial charge in [0, 0.05) is 22.0 Å².